The molecule has 34 heavy (non-hydrogen) atoms. The van der Waals surface area contributed by atoms with Gasteiger partial charge >= 0.3 is 0 Å². The molecule has 1 heterocycles. The molecule has 182 valence electrons. The van der Waals surface area contributed by atoms with Crippen LogP contribution in [0, 0.1) is 5.92 Å². The first-order valence-electron chi connectivity index (χ1n) is 11.4. The molecule has 9 heteroatoms. The fourth-order valence-corrected chi connectivity index (χ4v) is 4.13. The molecular weight excluding hydrogens is 472 g/mol. The fraction of sp³-hybridized carbons (Fsp3) is 0.400. The standard InChI is InChI=1S/C25H31ClN4O3S/c1-4-33-20-8-5-18(6-9-20)24(32)28-25(34)27-21-16-19(26)7-10-22(21)29-11-13-30(14-12-29)23(31)15-17(2)3/h5-10,16-17H,4,11-15H2,1-3H3,(H2,27,28,32,34). The number of piperazine rings is 1. The van der Waals surface area contributed by atoms with Crippen molar-refractivity contribution in [3.05, 3.63) is 53.1 Å². The Morgan fingerprint density at radius 3 is 2.38 bits per heavy atom. The average molecular weight is 503 g/mol. The van der Waals surface area contributed by atoms with Crippen LogP contribution in [0.5, 0.6) is 5.75 Å². The van der Waals surface area contributed by atoms with Crippen LogP contribution >= 0.6 is 23.8 Å². The predicted molar refractivity (Wildman–Crippen MR) is 141 cm³/mol. The fourth-order valence-electron chi connectivity index (χ4n) is 3.76. The molecule has 2 aromatic carbocycles. The summed E-state index contributed by atoms with van der Waals surface area (Å²) in [4.78, 5) is 29.1. The minimum Gasteiger partial charge on any atom is -0.494 e. The monoisotopic (exact) mass is 502 g/mol. The maximum Gasteiger partial charge on any atom is 0.257 e. The summed E-state index contributed by atoms with van der Waals surface area (Å²) in [7, 11) is 0. The number of hydrogen-bond donors (Lipinski definition) is 2. The Bertz CT molecular complexity index is 1020. The highest BCUT2D eigenvalue weighted by Crippen LogP contribution is 2.30. The third-order valence-corrected chi connectivity index (χ3v) is 5.86. The van der Waals surface area contributed by atoms with Crippen molar-refractivity contribution in [2.75, 3.05) is 43.0 Å². The molecule has 1 fully saturated rings. The zero-order valence-electron chi connectivity index (χ0n) is 19.8. The summed E-state index contributed by atoms with van der Waals surface area (Å²) in [6, 6.07) is 12.4. The summed E-state index contributed by atoms with van der Waals surface area (Å²) in [5.74, 6) is 0.925. The van der Waals surface area contributed by atoms with Gasteiger partial charge in [0.2, 0.25) is 5.91 Å². The van der Waals surface area contributed by atoms with Gasteiger partial charge in [0, 0.05) is 43.2 Å². The number of ether oxygens (including phenoxy) is 1. The minimum absolute atomic E-state index is 0.174. The second-order valence-corrected chi connectivity index (χ2v) is 9.34. The van der Waals surface area contributed by atoms with E-state index in [0.717, 1.165) is 5.69 Å². The second kappa shape index (κ2) is 12.0. The van der Waals surface area contributed by atoms with Crippen molar-refractivity contribution < 1.29 is 14.3 Å². The molecule has 0 spiro atoms. The van der Waals surface area contributed by atoms with Gasteiger partial charge in [-0.2, -0.15) is 0 Å². The molecule has 0 radical (unpaired) electrons. The molecule has 0 aliphatic carbocycles. The lowest BCUT2D eigenvalue weighted by atomic mass is 10.1. The summed E-state index contributed by atoms with van der Waals surface area (Å²) in [6.45, 7) is 9.29. The highest BCUT2D eigenvalue weighted by atomic mass is 35.5. The lowest BCUT2D eigenvalue weighted by molar-refractivity contribution is -0.132. The molecule has 0 unspecified atom stereocenters. The number of halogens is 1. The first-order valence-corrected chi connectivity index (χ1v) is 12.2. The number of thiocarbonyl (C=S) groups is 1. The second-order valence-electron chi connectivity index (χ2n) is 8.49. The van der Waals surface area contributed by atoms with Crippen LogP contribution in [-0.2, 0) is 4.79 Å². The number of rotatable bonds is 7. The Hall–Kier alpha value is -2.84. The zero-order valence-corrected chi connectivity index (χ0v) is 21.3. The number of anilines is 2. The van der Waals surface area contributed by atoms with Crippen molar-refractivity contribution >= 4 is 52.1 Å². The van der Waals surface area contributed by atoms with Crippen LogP contribution in [0.2, 0.25) is 5.02 Å². The number of carbonyl (C=O) groups excluding carboxylic acids is 2. The van der Waals surface area contributed by atoms with E-state index in [1.807, 2.05) is 24.0 Å². The number of hydrogen-bond acceptors (Lipinski definition) is 5. The van der Waals surface area contributed by atoms with Gasteiger partial charge in [0.15, 0.2) is 5.11 Å². The number of nitrogens with one attached hydrogen (secondary N) is 2. The van der Waals surface area contributed by atoms with E-state index in [-0.39, 0.29) is 16.9 Å². The summed E-state index contributed by atoms with van der Waals surface area (Å²) in [6.07, 6.45) is 0.566. The van der Waals surface area contributed by atoms with Gasteiger partial charge in [0.25, 0.3) is 5.91 Å². The normalized spacial score (nSPS) is 13.6. The lowest BCUT2D eigenvalue weighted by Crippen LogP contribution is -2.49. The van der Waals surface area contributed by atoms with E-state index in [2.05, 4.69) is 29.4 Å². The molecule has 0 atom stereocenters. The van der Waals surface area contributed by atoms with Crippen LogP contribution in [0.1, 0.15) is 37.6 Å². The van der Waals surface area contributed by atoms with Crippen molar-refractivity contribution in [3.8, 4) is 5.75 Å². The van der Waals surface area contributed by atoms with E-state index in [1.165, 1.54) is 0 Å². The number of nitrogens with zero attached hydrogens (tertiary/aromatic N) is 2. The van der Waals surface area contributed by atoms with Gasteiger partial charge in [-0.3, -0.25) is 14.9 Å². The van der Waals surface area contributed by atoms with Crippen LogP contribution in [0.25, 0.3) is 0 Å². The van der Waals surface area contributed by atoms with Gasteiger partial charge in [0.1, 0.15) is 5.75 Å². The maximum atomic E-state index is 12.6. The van der Waals surface area contributed by atoms with Gasteiger partial charge in [-0.1, -0.05) is 25.4 Å². The van der Waals surface area contributed by atoms with E-state index in [1.54, 1.807) is 30.3 Å². The number of amides is 2. The van der Waals surface area contributed by atoms with Crippen LogP contribution in [-0.4, -0.2) is 54.6 Å². The Balaban J connectivity index is 1.63. The van der Waals surface area contributed by atoms with E-state index < -0.39 is 0 Å². The van der Waals surface area contributed by atoms with Gasteiger partial charge in [-0.15, -0.1) is 0 Å². The molecule has 7 nitrogen and oxygen atoms in total. The Labute approximate surface area is 211 Å². The molecule has 0 aromatic heterocycles. The quantitative estimate of drug-likeness (QED) is 0.541. The summed E-state index contributed by atoms with van der Waals surface area (Å²) in [5.41, 5.74) is 2.09. The molecule has 2 aromatic rings. The molecule has 1 saturated heterocycles. The number of benzene rings is 2. The lowest BCUT2D eigenvalue weighted by Gasteiger charge is -2.37. The average Bonchev–Trinajstić information content (AvgIpc) is 2.79. The predicted octanol–water partition coefficient (Wildman–Crippen LogP) is 4.56. The molecule has 1 aliphatic heterocycles. The van der Waals surface area contributed by atoms with Gasteiger partial charge < -0.3 is 19.9 Å². The van der Waals surface area contributed by atoms with Crippen LogP contribution < -0.4 is 20.3 Å². The largest absolute Gasteiger partial charge is 0.494 e. The molecule has 0 saturated carbocycles. The molecular formula is C25H31ClN4O3S. The third kappa shape index (κ3) is 7.08. The van der Waals surface area contributed by atoms with E-state index in [0.29, 0.717) is 67.1 Å². The van der Waals surface area contributed by atoms with Crippen LogP contribution in [0.15, 0.2) is 42.5 Å². The van der Waals surface area contributed by atoms with E-state index >= 15 is 0 Å². The third-order valence-electron chi connectivity index (χ3n) is 5.42. The molecule has 1 aliphatic rings. The summed E-state index contributed by atoms with van der Waals surface area (Å²) >= 11 is 11.6. The van der Waals surface area contributed by atoms with Gasteiger partial charge in [0.05, 0.1) is 18.0 Å². The van der Waals surface area contributed by atoms with Gasteiger partial charge in [-0.05, 0) is 67.5 Å². The first kappa shape index (κ1) is 25.8. The molecule has 0 bridgehead atoms. The molecule has 2 N–H and O–H groups in total. The number of carbonyl (C=O) groups is 2. The highest BCUT2D eigenvalue weighted by Gasteiger charge is 2.23. The van der Waals surface area contributed by atoms with Crippen molar-refractivity contribution in [2.45, 2.75) is 27.2 Å². The summed E-state index contributed by atoms with van der Waals surface area (Å²) < 4.78 is 5.41. The Kier molecular flexibility index (Phi) is 9.12. The smallest absolute Gasteiger partial charge is 0.257 e. The van der Waals surface area contributed by atoms with Crippen LogP contribution in [0.3, 0.4) is 0 Å². The highest BCUT2D eigenvalue weighted by molar-refractivity contribution is 7.80. The minimum atomic E-state index is -0.318. The zero-order chi connectivity index (χ0) is 24.7. The Morgan fingerprint density at radius 1 is 1.09 bits per heavy atom. The summed E-state index contributed by atoms with van der Waals surface area (Å²) in [5, 5.41) is 6.55. The van der Waals surface area contributed by atoms with Gasteiger partial charge in [-0.25, -0.2) is 0 Å². The van der Waals surface area contributed by atoms with Crippen LogP contribution in [0.4, 0.5) is 11.4 Å². The van der Waals surface area contributed by atoms with Crippen molar-refractivity contribution in [3.63, 3.8) is 0 Å². The van der Waals surface area contributed by atoms with E-state index in [4.69, 9.17) is 28.6 Å². The molecule has 3 rings (SSSR count). The maximum absolute atomic E-state index is 12.6. The Morgan fingerprint density at radius 2 is 1.76 bits per heavy atom. The SMILES string of the molecule is CCOc1ccc(C(=O)NC(=S)Nc2cc(Cl)ccc2N2CCN(C(=O)CC(C)C)CC2)cc1. The molecule has 2 amide bonds. The topological polar surface area (TPSA) is 73.9 Å². The van der Waals surface area contributed by atoms with Crippen molar-refractivity contribution in [1.82, 2.24) is 10.2 Å². The van der Waals surface area contributed by atoms with Crippen molar-refractivity contribution in [1.29, 1.82) is 0 Å². The van der Waals surface area contributed by atoms with Crippen molar-refractivity contribution in [2.24, 2.45) is 5.92 Å². The first-order chi connectivity index (χ1) is 16.3. The van der Waals surface area contributed by atoms with E-state index in [9.17, 15) is 9.59 Å².